The molecule has 2 heterocycles. The van der Waals surface area contributed by atoms with Crippen molar-refractivity contribution in [2.75, 3.05) is 0 Å². The van der Waals surface area contributed by atoms with Gasteiger partial charge in [-0.15, -0.1) is 0 Å². The smallest absolute Gasteiger partial charge is 0.270 e. The molecule has 0 fully saturated rings. The third-order valence-corrected chi connectivity index (χ3v) is 3.38. The van der Waals surface area contributed by atoms with E-state index in [9.17, 15) is 4.79 Å². The van der Waals surface area contributed by atoms with Gasteiger partial charge in [0.05, 0.1) is 17.3 Å². The highest BCUT2D eigenvalue weighted by atomic mass is 35.5. The average Bonchev–Trinajstić information content (AvgIpc) is 2.81. The molecule has 21 heavy (non-hydrogen) atoms. The van der Waals surface area contributed by atoms with Gasteiger partial charge in [-0.05, 0) is 17.5 Å². The van der Waals surface area contributed by atoms with Gasteiger partial charge in [-0.25, -0.2) is 4.98 Å². The molecule has 1 atom stereocenters. The standard InChI is InChI=1S/C15H19ClN4O/c1-15(2,3)13(10-7-18-20(4)9-10)19-14(21)12-6-5-11(16)8-17-12/h5-9,13H,1-4H3,(H,19,21)/t13-/m1/s1. The van der Waals surface area contributed by atoms with Crippen LogP contribution in [0.1, 0.15) is 42.9 Å². The van der Waals surface area contributed by atoms with Crippen LogP contribution in [-0.4, -0.2) is 20.7 Å². The first-order valence-electron chi connectivity index (χ1n) is 6.68. The average molecular weight is 307 g/mol. The Balaban J connectivity index is 2.23. The van der Waals surface area contributed by atoms with Crippen LogP contribution in [0.2, 0.25) is 5.02 Å². The molecule has 0 aliphatic carbocycles. The Kier molecular flexibility index (Phi) is 4.32. The lowest BCUT2D eigenvalue weighted by Gasteiger charge is -2.30. The molecule has 0 aliphatic rings. The molecule has 6 heteroatoms. The summed E-state index contributed by atoms with van der Waals surface area (Å²) < 4.78 is 1.72. The lowest BCUT2D eigenvalue weighted by molar-refractivity contribution is 0.0896. The van der Waals surface area contributed by atoms with E-state index in [1.165, 1.54) is 6.20 Å². The van der Waals surface area contributed by atoms with Gasteiger partial charge < -0.3 is 5.32 Å². The van der Waals surface area contributed by atoms with Crippen molar-refractivity contribution in [1.82, 2.24) is 20.1 Å². The monoisotopic (exact) mass is 306 g/mol. The van der Waals surface area contributed by atoms with E-state index in [1.807, 2.05) is 13.2 Å². The fraction of sp³-hybridized carbons (Fsp3) is 0.400. The predicted molar refractivity (Wildman–Crippen MR) is 82.1 cm³/mol. The Labute approximate surface area is 129 Å². The van der Waals surface area contributed by atoms with E-state index >= 15 is 0 Å². The van der Waals surface area contributed by atoms with Crippen molar-refractivity contribution in [1.29, 1.82) is 0 Å². The third-order valence-electron chi connectivity index (χ3n) is 3.16. The summed E-state index contributed by atoms with van der Waals surface area (Å²) in [6.07, 6.45) is 5.14. The van der Waals surface area contributed by atoms with Crippen molar-refractivity contribution >= 4 is 17.5 Å². The van der Waals surface area contributed by atoms with Crippen molar-refractivity contribution < 1.29 is 4.79 Å². The molecule has 1 N–H and O–H groups in total. The third kappa shape index (κ3) is 3.82. The van der Waals surface area contributed by atoms with Crippen LogP contribution in [0, 0.1) is 5.41 Å². The van der Waals surface area contributed by atoms with E-state index in [0.29, 0.717) is 10.7 Å². The van der Waals surface area contributed by atoms with Crippen LogP contribution < -0.4 is 5.32 Å². The molecule has 0 saturated carbocycles. The molecule has 0 spiro atoms. The quantitative estimate of drug-likeness (QED) is 0.948. The van der Waals surface area contributed by atoms with Crippen molar-refractivity contribution in [3.8, 4) is 0 Å². The molecular weight excluding hydrogens is 288 g/mol. The number of carbonyl (C=O) groups is 1. The molecule has 0 bridgehead atoms. The number of aryl methyl sites for hydroxylation is 1. The second-order valence-corrected chi connectivity index (χ2v) is 6.52. The number of pyridine rings is 1. The maximum atomic E-state index is 12.3. The van der Waals surface area contributed by atoms with Crippen LogP contribution in [0.25, 0.3) is 0 Å². The summed E-state index contributed by atoms with van der Waals surface area (Å²) in [6.45, 7) is 6.21. The number of carbonyl (C=O) groups excluding carboxylic acids is 1. The maximum Gasteiger partial charge on any atom is 0.270 e. The largest absolute Gasteiger partial charge is 0.343 e. The van der Waals surface area contributed by atoms with Gasteiger partial charge in [0.2, 0.25) is 0 Å². The van der Waals surface area contributed by atoms with Crippen molar-refractivity contribution in [2.24, 2.45) is 12.5 Å². The lowest BCUT2D eigenvalue weighted by Crippen LogP contribution is -2.36. The zero-order valence-corrected chi connectivity index (χ0v) is 13.3. The van der Waals surface area contributed by atoms with E-state index in [-0.39, 0.29) is 17.4 Å². The molecule has 0 radical (unpaired) electrons. The molecule has 0 unspecified atom stereocenters. The minimum absolute atomic E-state index is 0.148. The van der Waals surface area contributed by atoms with Gasteiger partial charge in [0.25, 0.3) is 5.91 Å². The van der Waals surface area contributed by atoms with Crippen molar-refractivity contribution in [3.63, 3.8) is 0 Å². The summed E-state index contributed by atoms with van der Waals surface area (Å²) in [4.78, 5) is 16.4. The minimum atomic E-state index is -0.226. The summed E-state index contributed by atoms with van der Waals surface area (Å²) in [6, 6.07) is 3.11. The van der Waals surface area contributed by atoms with E-state index in [1.54, 1.807) is 23.0 Å². The van der Waals surface area contributed by atoms with Gasteiger partial charge in [-0.3, -0.25) is 9.48 Å². The number of hydrogen-bond acceptors (Lipinski definition) is 3. The summed E-state index contributed by atoms with van der Waals surface area (Å²) in [5.41, 5.74) is 1.16. The SMILES string of the molecule is Cn1cc([C@@H](NC(=O)c2ccc(Cl)cn2)C(C)(C)C)cn1. The number of amides is 1. The van der Waals surface area contributed by atoms with Crippen LogP contribution in [0.5, 0.6) is 0 Å². The van der Waals surface area contributed by atoms with Gasteiger partial charge in [-0.2, -0.15) is 5.10 Å². The predicted octanol–water partition coefficient (Wildman–Crippen LogP) is 2.99. The minimum Gasteiger partial charge on any atom is -0.343 e. The molecule has 1 amide bonds. The number of hydrogen-bond donors (Lipinski definition) is 1. The Morgan fingerprint density at radius 3 is 2.52 bits per heavy atom. The first kappa shape index (κ1) is 15.5. The number of halogens is 1. The fourth-order valence-corrected chi connectivity index (χ4v) is 2.22. The van der Waals surface area contributed by atoms with E-state index in [0.717, 1.165) is 5.56 Å². The topological polar surface area (TPSA) is 59.8 Å². The first-order chi connectivity index (χ1) is 9.77. The molecule has 2 rings (SSSR count). The second kappa shape index (κ2) is 5.85. The van der Waals surface area contributed by atoms with E-state index < -0.39 is 0 Å². The Bertz CT molecular complexity index is 628. The summed E-state index contributed by atoms with van der Waals surface area (Å²) >= 11 is 5.79. The molecule has 112 valence electrons. The van der Waals surface area contributed by atoms with Crippen LogP contribution >= 0.6 is 11.6 Å². The Morgan fingerprint density at radius 2 is 2.05 bits per heavy atom. The zero-order chi connectivity index (χ0) is 15.6. The number of aromatic nitrogens is 3. The van der Waals surface area contributed by atoms with Crippen LogP contribution in [0.3, 0.4) is 0 Å². The molecule has 0 aliphatic heterocycles. The molecular formula is C15H19ClN4O. The summed E-state index contributed by atoms with van der Waals surface area (Å²) in [5, 5.41) is 7.71. The van der Waals surface area contributed by atoms with Gasteiger partial charge in [0.1, 0.15) is 5.69 Å². The van der Waals surface area contributed by atoms with E-state index in [2.05, 4.69) is 36.2 Å². The van der Waals surface area contributed by atoms with Crippen molar-refractivity contribution in [3.05, 3.63) is 47.0 Å². The van der Waals surface area contributed by atoms with Crippen molar-refractivity contribution in [2.45, 2.75) is 26.8 Å². The number of rotatable bonds is 3. The number of nitrogens with zero attached hydrogens (tertiary/aromatic N) is 3. The van der Waals surface area contributed by atoms with Gasteiger partial charge >= 0.3 is 0 Å². The molecule has 0 saturated heterocycles. The number of nitrogens with one attached hydrogen (secondary N) is 1. The summed E-state index contributed by atoms with van der Waals surface area (Å²) in [7, 11) is 1.85. The van der Waals surface area contributed by atoms with Crippen LogP contribution in [-0.2, 0) is 7.05 Å². The van der Waals surface area contributed by atoms with Crippen LogP contribution in [0.15, 0.2) is 30.7 Å². The van der Waals surface area contributed by atoms with Gasteiger partial charge in [0, 0.05) is 25.0 Å². The maximum absolute atomic E-state index is 12.3. The second-order valence-electron chi connectivity index (χ2n) is 6.08. The van der Waals surface area contributed by atoms with Gasteiger partial charge in [0.15, 0.2) is 0 Å². The normalized spacial score (nSPS) is 13.0. The summed E-state index contributed by atoms with van der Waals surface area (Å²) in [5.74, 6) is -0.226. The van der Waals surface area contributed by atoms with Crippen LogP contribution in [0.4, 0.5) is 0 Å². The highest BCUT2D eigenvalue weighted by Gasteiger charge is 2.29. The zero-order valence-electron chi connectivity index (χ0n) is 12.6. The Hall–Kier alpha value is -1.88. The van der Waals surface area contributed by atoms with E-state index in [4.69, 9.17) is 11.6 Å². The molecule has 5 nitrogen and oxygen atoms in total. The molecule has 2 aromatic rings. The lowest BCUT2D eigenvalue weighted by atomic mass is 9.83. The molecule has 2 aromatic heterocycles. The fourth-order valence-electron chi connectivity index (χ4n) is 2.10. The highest BCUT2D eigenvalue weighted by Crippen LogP contribution is 2.32. The van der Waals surface area contributed by atoms with Gasteiger partial charge in [-0.1, -0.05) is 32.4 Å². The highest BCUT2D eigenvalue weighted by molar-refractivity contribution is 6.30. The first-order valence-corrected chi connectivity index (χ1v) is 7.06. The molecule has 0 aromatic carbocycles. The Morgan fingerprint density at radius 1 is 1.33 bits per heavy atom.